The van der Waals surface area contributed by atoms with Gasteiger partial charge in [-0.15, -0.1) is 0 Å². The summed E-state index contributed by atoms with van der Waals surface area (Å²) in [5.41, 5.74) is 0.185. The number of amides is 2. The number of esters is 1. The lowest BCUT2D eigenvalue weighted by molar-refractivity contribution is -0.165. The van der Waals surface area contributed by atoms with Crippen molar-refractivity contribution in [2.75, 3.05) is 0 Å². The Morgan fingerprint density at radius 1 is 1.27 bits per heavy atom. The van der Waals surface area contributed by atoms with Crippen molar-refractivity contribution in [1.29, 1.82) is 0 Å². The lowest BCUT2D eigenvalue weighted by Gasteiger charge is -2.35. The molecule has 3 rings (SSSR count). The van der Waals surface area contributed by atoms with Gasteiger partial charge in [0, 0.05) is 24.9 Å². The average molecular weight is 436 g/mol. The molecule has 2 aliphatic rings. The van der Waals surface area contributed by atoms with Crippen molar-refractivity contribution in [3.05, 3.63) is 42.2 Å². The zero-order chi connectivity index (χ0) is 22.1. The molecule has 2 N–H and O–H groups in total. The number of nitrogens with one attached hydrogen (secondary N) is 2. The van der Waals surface area contributed by atoms with Gasteiger partial charge in [-0.05, 0) is 32.9 Å². The third-order valence-corrected chi connectivity index (χ3v) is 6.74. The Morgan fingerprint density at radius 2 is 1.93 bits per heavy atom. The fourth-order valence-corrected chi connectivity index (χ4v) is 5.04. The Labute approximate surface area is 175 Å². The summed E-state index contributed by atoms with van der Waals surface area (Å²) in [7, 11) is -4.04. The van der Waals surface area contributed by atoms with Crippen LogP contribution in [0.5, 0.6) is 0 Å². The zero-order valence-electron chi connectivity index (χ0n) is 17.0. The van der Waals surface area contributed by atoms with Gasteiger partial charge in [-0.25, -0.2) is 8.42 Å². The van der Waals surface area contributed by atoms with E-state index in [-0.39, 0.29) is 17.7 Å². The van der Waals surface area contributed by atoms with Crippen molar-refractivity contribution in [2.24, 2.45) is 0 Å². The highest BCUT2D eigenvalue weighted by atomic mass is 32.2. The van der Waals surface area contributed by atoms with Crippen molar-refractivity contribution in [3.63, 3.8) is 0 Å². The molecule has 0 spiro atoms. The van der Waals surface area contributed by atoms with Crippen LogP contribution >= 0.6 is 0 Å². The quantitative estimate of drug-likeness (QED) is 0.664. The van der Waals surface area contributed by atoms with Crippen LogP contribution < -0.4 is 10.6 Å². The van der Waals surface area contributed by atoms with Crippen LogP contribution in [-0.4, -0.2) is 48.2 Å². The van der Waals surface area contributed by atoms with Crippen molar-refractivity contribution in [1.82, 2.24) is 14.9 Å². The number of rotatable bonds is 5. The SMILES string of the molecule is Cc1ccc(S(=O)(=O)N2C=CNC(=O)[C@H]2CC(=O)N[C@H]2CC(=O)OC(C)(C)C2)cc1. The number of carbonyl (C=O) groups is 3. The summed E-state index contributed by atoms with van der Waals surface area (Å²) in [5.74, 6) is -1.55. The summed E-state index contributed by atoms with van der Waals surface area (Å²) in [6.07, 6.45) is 2.52. The molecule has 1 fully saturated rings. The molecule has 1 aromatic carbocycles. The van der Waals surface area contributed by atoms with E-state index >= 15 is 0 Å². The largest absolute Gasteiger partial charge is 0.460 e. The van der Waals surface area contributed by atoms with Crippen LogP contribution in [0.2, 0.25) is 0 Å². The summed E-state index contributed by atoms with van der Waals surface area (Å²) >= 11 is 0. The van der Waals surface area contributed by atoms with E-state index in [4.69, 9.17) is 4.74 Å². The Kier molecular flexibility index (Phi) is 5.89. The van der Waals surface area contributed by atoms with Gasteiger partial charge in [0.2, 0.25) is 11.8 Å². The standard InChI is InChI=1S/C20H25N3O6S/c1-13-4-6-15(7-5-13)30(27,28)23-9-8-21-19(26)16(23)11-17(24)22-14-10-18(25)29-20(2,3)12-14/h4-9,14,16H,10-12H2,1-3H3,(H,21,26)(H,22,24)/t14-,16+/m0/s1. The van der Waals surface area contributed by atoms with Crippen LogP contribution in [-0.2, 0) is 29.1 Å². The number of hydrogen-bond donors (Lipinski definition) is 2. The number of benzene rings is 1. The predicted molar refractivity (Wildman–Crippen MR) is 107 cm³/mol. The second-order valence-corrected chi connectivity index (χ2v) is 9.94. The third-order valence-electron chi connectivity index (χ3n) is 4.94. The highest BCUT2D eigenvalue weighted by Gasteiger charge is 2.39. The van der Waals surface area contributed by atoms with Gasteiger partial charge in [0.1, 0.15) is 11.6 Å². The molecular weight excluding hydrogens is 410 g/mol. The first kappa shape index (κ1) is 21.8. The van der Waals surface area contributed by atoms with Crippen LogP contribution in [0.3, 0.4) is 0 Å². The van der Waals surface area contributed by atoms with Gasteiger partial charge in [0.25, 0.3) is 10.0 Å². The molecule has 2 aliphatic heterocycles. The predicted octanol–water partition coefficient (Wildman–Crippen LogP) is 0.946. The van der Waals surface area contributed by atoms with E-state index in [2.05, 4.69) is 10.6 Å². The Bertz CT molecular complexity index is 984. The molecule has 0 saturated carbocycles. The van der Waals surface area contributed by atoms with Crippen LogP contribution in [0.15, 0.2) is 41.6 Å². The number of ether oxygens (including phenoxy) is 1. The van der Waals surface area contributed by atoms with Gasteiger partial charge in [-0.1, -0.05) is 17.7 Å². The van der Waals surface area contributed by atoms with Crippen LogP contribution in [0.1, 0.15) is 38.7 Å². The van der Waals surface area contributed by atoms with Crippen molar-refractivity contribution in [3.8, 4) is 0 Å². The van der Waals surface area contributed by atoms with Gasteiger partial charge in [-0.3, -0.25) is 18.7 Å². The molecule has 0 radical (unpaired) electrons. The lowest BCUT2D eigenvalue weighted by atomic mass is 9.93. The van der Waals surface area contributed by atoms with E-state index in [0.29, 0.717) is 6.42 Å². The number of hydrogen-bond acceptors (Lipinski definition) is 6. The smallest absolute Gasteiger partial charge is 0.308 e. The van der Waals surface area contributed by atoms with E-state index < -0.39 is 45.5 Å². The second kappa shape index (κ2) is 8.10. The molecule has 0 bridgehead atoms. The minimum atomic E-state index is -4.04. The zero-order valence-corrected chi connectivity index (χ0v) is 17.9. The molecule has 1 saturated heterocycles. The van der Waals surface area contributed by atoms with Gasteiger partial charge >= 0.3 is 5.97 Å². The lowest BCUT2D eigenvalue weighted by Crippen LogP contribution is -2.53. The van der Waals surface area contributed by atoms with E-state index in [1.165, 1.54) is 24.5 Å². The molecule has 0 aliphatic carbocycles. The van der Waals surface area contributed by atoms with Crippen molar-refractivity contribution < 1.29 is 27.5 Å². The molecule has 9 nitrogen and oxygen atoms in total. The first-order chi connectivity index (χ1) is 14.0. The van der Waals surface area contributed by atoms with Crippen LogP contribution in [0.4, 0.5) is 0 Å². The molecule has 162 valence electrons. The van der Waals surface area contributed by atoms with Crippen molar-refractivity contribution >= 4 is 27.8 Å². The first-order valence-electron chi connectivity index (χ1n) is 9.56. The van der Waals surface area contributed by atoms with Gasteiger partial charge in [0.15, 0.2) is 0 Å². The number of nitrogens with zero attached hydrogens (tertiary/aromatic N) is 1. The summed E-state index contributed by atoms with van der Waals surface area (Å²) in [4.78, 5) is 36.8. The molecule has 10 heteroatoms. The fourth-order valence-electron chi connectivity index (χ4n) is 3.59. The average Bonchev–Trinajstić information content (AvgIpc) is 2.61. The first-order valence-corrected chi connectivity index (χ1v) is 11.0. The van der Waals surface area contributed by atoms with Crippen molar-refractivity contribution in [2.45, 2.75) is 62.6 Å². The minimum Gasteiger partial charge on any atom is -0.460 e. The Balaban J connectivity index is 1.76. The number of aryl methyl sites for hydroxylation is 1. The Morgan fingerprint density at radius 3 is 2.57 bits per heavy atom. The van der Waals surface area contributed by atoms with Gasteiger partial charge in [0.05, 0.1) is 17.7 Å². The third kappa shape index (κ3) is 4.81. The fraction of sp³-hybridized carbons (Fsp3) is 0.450. The van der Waals surface area contributed by atoms with Gasteiger partial charge in [-0.2, -0.15) is 0 Å². The molecule has 2 amide bonds. The maximum absolute atomic E-state index is 13.1. The summed E-state index contributed by atoms with van der Waals surface area (Å²) < 4.78 is 32.2. The normalized spacial score (nSPS) is 23.5. The molecule has 30 heavy (non-hydrogen) atoms. The number of carbonyl (C=O) groups excluding carboxylic acids is 3. The van der Waals surface area contributed by atoms with Crippen LogP contribution in [0.25, 0.3) is 0 Å². The molecule has 0 aromatic heterocycles. The molecular formula is C20H25N3O6S. The summed E-state index contributed by atoms with van der Waals surface area (Å²) in [6, 6.07) is 4.54. The highest BCUT2D eigenvalue weighted by molar-refractivity contribution is 7.89. The number of cyclic esters (lactones) is 1. The number of sulfonamides is 1. The summed E-state index contributed by atoms with van der Waals surface area (Å²) in [6.45, 7) is 5.33. The highest BCUT2D eigenvalue weighted by Crippen LogP contribution is 2.26. The molecule has 1 aromatic rings. The van der Waals surface area contributed by atoms with E-state index in [9.17, 15) is 22.8 Å². The van der Waals surface area contributed by atoms with E-state index in [1.807, 2.05) is 6.92 Å². The van der Waals surface area contributed by atoms with E-state index in [0.717, 1.165) is 9.87 Å². The van der Waals surface area contributed by atoms with Gasteiger partial charge < -0.3 is 15.4 Å². The maximum atomic E-state index is 13.1. The minimum absolute atomic E-state index is 0.0228. The van der Waals surface area contributed by atoms with Crippen LogP contribution in [0, 0.1) is 6.92 Å². The molecule has 2 heterocycles. The van der Waals surface area contributed by atoms with E-state index in [1.54, 1.807) is 26.0 Å². The Hall–Kier alpha value is -2.88. The molecule has 0 unspecified atom stereocenters. The summed E-state index contributed by atoms with van der Waals surface area (Å²) in [5, 5.41) is 5.17. The second-order valence-electron chi connectivity index (χ2n) is 8.10. The topological polar surface area (TPSA) is 122 Å². The monoisotopic (exact) mass is 435 g/mol. The maximum Gasteiger partial charge on any atom is 0.308 e. The molecule has 2 atom stereocenters.